The lowest BCUT2D eigenvalue weighted by atomic mass is 10.0. The lowest BCUT2D eigenvalue weighted by molar-refractivity contribution is -0.114. The van der Waals surface area contributed by atoms with Crippen LogP contribution in [0.4, 0.5) is 0 Å². The van der Waals surface area contributed by atoms with Crippen molar-refractivity contribution in [3.63, 3.8) is 0 Å². The molecule has 8 heteroatoms. The number of amides is 1. The first kappa shape index (κ1) is 25.8. The van der Waals surface area contributed by atoms with Gasteiger partial charge >= 0.3 is 0 Å². The molecule has 40 heavy (non-hydrogen) atoms. The van der Waals surface area contributed by atoms with E-state index in [-0.39, 0.29) is 11.4 Å². The van der Waals surface area contributed by atoms with Gasteiger partial charge in [-0.25, -0.2) is 0 Å². The molecule has 200 valence electrons. The standard InChI is InChI=1S/C32H29N5O2S/c1-19-8-7-10-23(16-19)31-35-37-29(33)26(30(38)34-32(37)40-31)18-24-22(4)36(27-13-12-20(2)17-25(24)27)14-15-39-28-11-6-5-9-21(28)3/h5-13,16-18,33H,14-15H2,1-4H3. The third kappa shape index (κ3) is 4.64. The van der Waals surface area contributed by atoms with Gasteiger partial charge < -0.3 is 9.30 Å². The van der Waals surface area contributed by atoms with Crippen molar-refractivity contribution in [2.75, 3.05) is 6.61 Å². The molecule has 0 saturated carbocycles. The van der Waals surface area contributed by atoms with Gasteiger partial charge in [-0.05, 0) is 75.4 Å². The molecule has 2 aliphatic heterocycles. The van der Waals surface area contributed by atoms with Crippen LogP contribution in [0.2, 0.25) is 0 Å². The Labute approximate surface area is 237 Å². The van der Waals surface area contributed by atoms with Gasteiger partial charge in [-0.3, -0.25) is 10.2 Å². The Balaban J connectivity index is 1.35. The van der Waals surface area contributed by atoms with Crippen LogP contribution in [0, 0.1) is 33.1 Å². The van der Waals surface area contributed by atoms with Gasteiger partial charge in [-0.1, -0.05) is 53.6 Å². The Hall–Kier alpha value is -4.43. The third-order valence-corrected chi connectivity index (χ3v) is 8.16. The van der Waals surface area contributed by atoms with E-state index in [4.69, 9.17) is 10.1 Å². The summed E-state index contributed by atoms with van der Waals surface area (Å²) >= 11 is 1.31. The highest BCUT2D eigenvalue weighted by atomic mass is 32.2. The molecule has 1 N–H and O–H groups in total. The van der Waals surface area contributed by atoms with Gasteiger partial charge in [0.2, 0.25) is 5.17 Å². The molecule has 1 aromatic heterocycles. The number of ether oxygens (including phenoxy) is 1. The lowest BCUT2D eigenvalue weighted by Crippen LogP contribution is -2.35. The highest BCUT2D eigenvalue weighted by molar-refractivity contribution is 8.27. The molecule has 3 aromatic carbocycles. The number of aliphatic imine (C=N–C) groups is 1. The average Bonchev–Trinajstić information content (AvgIpc) is 3.46. The summed E-state index contributed by atoms with van der Waals surface area (Å²) in [4.78, 5) is 17.5. The molecule has 0 spiro atoms. The summed E-state index contributed by atoms with van der Waals surface area (Å²) in [5, 5.41) is 17.2. The Bertz CT molecular complexity index is 1800. The molecule has 0 radical (unpaired) electrons. The van der Waals surface area contributed by atoms with Crippen LogP contribution in [-0.4, -0.2) is 38.1 Å². The first-order valence-corrected chi connectivity index (χ1v) is 14.0. The molecule has 4 aromatic rings. The largest absolute Gasteiger partial charge is 0.491 e. The van der Waals surface area contributed by atoms with E-state index in [2.05, 4.69) is 39.8 Å². The predicted octanol–water partition coefficient (Wildman–Crippen LogP) is 6.62. The van der Waals surface area contributed by atoms with Gasteiger partial charge in [0.25, 0.3) is 5.91 Å². The summed E-state index contributed by atoms with van der Waals surface area (Å²) in [6, 6.07) is 22.3. The van der Waals surface area contributed by atoms with Crippen molar-refractivity contribution in [1.82, 2.24) is 9.58 Å². The SMILES string of the molecule is Cc1cccc(C2=NN3C(=N)C(=Cc4c(C)n(CCOc5ccccc5C)c5ccc(C)cc45)C(=O)N=C3S2)c1. The molecule has 7 nitrogen and oxygen atoms in total. The van der Waals surface area contributed by atoms with Crippen LogP contribution in [-0.2, 0) is 11.3 Å². The Morgan fingerprint density at radius 3 is 2.58 bits per heavy atom. The van der Waals surface area contributed by atoms with Crippen molar-refractivity contribution in [3.05, 3.63) is 106 Å². The second kappa shape index (κ2) is 10.3. The van der Waals surface area contributed by atoms with E-state index in [0.29, 0.717) is 18.3 Å². The van der Waals surface area contributed by atoms with E-state index >= 15 is 0 Å². The van der Waals surface area contributed by atoms with Gasteiger partial charge in [-0.15, -0.1) is 0 Å². The molecular weight excluding hydrogens is 518 g/mol. The number of benzene rings is 3. The molecule has 3 heterocycles. The van der Waals surface area contributed by atoms with Gasteiger partial charge in [0.15, 0.2) is 5.84 Å². The molecular formula is C32H29N5O2S. The number of hydrogen-bond acceptors (Lipinski definition) is 5. The Kier molecular flexibility index (Phi) is 6.64. The number of fused-ring (bicyclic) bond motifs is 2. The minimum Gasteiger partial charge on any atom is -0.491 e. The highest BCUT2D eigenvalue weighted by Gasteiger charge is 2.36. The number of para-hydroxylation sites is 1. The number of carbonyl (C=O) groups is 1. The van der Waals surface area contributed by atoms with Crippen LogP contribution < -0.4 is 4.74 Å². The van der Waals surface area contributed by atoms with E-state index in [0.717, 1.165) is 55.2 Å². The second-order valence-electron chi connectivity index (χ2n) is 10.1. The minimum absolute atomic E-state index is 0.0287. The van der Waals surface area contributed by atoms with Crippen LogP contribution in [0.25, 0.3) is 17.0 Å². The van der Waals surface area contributed by atoms with Crippen molar-refractivity contribution in [3.8, 4) is 5.75 Å². The topological polar surface area (TPSA) is 83.0 Å². The molecule has 6 rings (SSSR count). The van der Waals surface area contributed by atoms with Crippen LogP contribution in [0.3, 0.4) is 0 Å². The van der Waals surface area contributed by atoms with Crippen molar-refractivity contribution < 1.29 is 9.53 Å². The average molecular weight is 548 g/mol. The summed E-state index contributed by atoms with van der Waals surface area (Å²) in [5.41, 5.74) is 7.44. The molecule has 0 unspecified atom stereocenters. The highest BCUT2D eigenvalue weighted by Crippen LogP contribution is 2.34. The molecule has 0 bridgehead atoms. The van der Waals surface area contributed by atoms with Crippen LogP contribution in [0.1, 0.15) is 33.5 Å². The molecule has 0 saturated heterocycles. The zero-order valence-electron chi connectivity index (χ0n) is 22.9. The number of amidine groups is 2. The van der Waals surface area contributed by atoms with Gasteiger partial charge in [0.1, 0.15) is 17.4 Å². The summed E-state index contributed by atoms with van der Waals surface area (Å²) in [6.07, 6.45) is 1.80. The third-order valence-electron chi connectivity index (χ3n) is 7.20. The molecule has 0 fully saturated rings. The quantitative estimate of drug-likeness (QED) is 0.275. The molecule has 1 amide bonds. The summed E-state index contributed by atoms with van der Waals surface area (Å²) in [6.45, 7) is 9.30. The lowest BCUT2D eigenvalue weighted by Gasteiger charge is -2.20. The van der Waals surface area contributed by atoms with Gasteiger partial charge in [0.05, 0.1) is 12.1 Å². The first-order valence-electron chi connectivity index (χ1n) is 13.2. The maximum Gasteiger partial charge on any atom is 0.283 e. The fourth-order valence-corrected chi connectivity index (χ4v) is 5.98. The smallest absolute Gasteiger partial charge is 0.283 e. The number of rotatable bonds is 6. The summed E-state index contributed by atoms with van der Waals surface area (Å²) in [7, 11) is 0. The maximum atomic E-state index is 13.2. The number of nitrogens with zero attached hydrogens (tertiary/aromatic N) is 4. The number of nitrogens with one attached hydrogen (secondary N) is 1. The van der Waals surface area contributed by atoms with Gasteiger partial charge in [-0.2, -0.15) is 15.1 Å². The normalized spacial score (nSPS) is 16.0. The minimum atomic E-state index is -0.430. The van der Waals surface area contributed by atoms with Crippen LogP contribution in [0.15, 0.2) is 82.4 Å². The number of aromatic nitrogens is 1. The maximum absolute atomic E-state index is 13.2. The molecule has 0 atom stereocenters. The van der Waals surface area contributed by atoms with Gasteiger partial charge in [0, 0.05) is 27.7 Å². The number of hydrazone groups is 1. The van der Waals surface area contributed by atoms with Crippen molar-refractivity contribution >= 4 is 50.7 Å². The number of aryl methyl sites for hydroxylation is 3. The fourth-order valence-electron chi connectivity index (χ4n) is 5.09. The van der Waals surface area contributed by atoms with Crippen LogP contribution in [0.5, 0.6) is 5.75 Å². The molecule has 0 aliphatic carbocycles. The number of carbonyl (C=O) groups excluding carboxylic acids is 1. The Morgan fingerprint density at radius 1 is 0.975 bits per heavy atom. The second-order valence-corrected chi connectivity index (χ2v) is 11.0. The van der Waals surface area contributed by atoms with E-state index in [1.165, 1.54) is 16.8 Å². The van der Waals surface area contributed by atoms with Crippen molar-refractivity contribution in [1.29, 1.82) is 5.41 Å². The van der Waals surface area contributed by atoms with E-state index in [1.807, 2.05) is 69.3 Å². The summed E-state index contributed by atoms with van der Waals surface area (Å²) in [5.74, 6) is 0.472. The number of thioether (sulfide) groups is 1. The van der Waals surface area contributed by atoms with Crippen molar-refractivity contribution in [2.24, 2.45) is 10.1 Å². The Morgan fingerprint density at radius 2 is 1.77 bits per heavy atom. The van der Waals surface area contributed by atoms with E-state index in [9.17, 15) is 4.79 Å². The van der Waals surface area contributed by atoms with E-state index < -0.39 is 5.91 Å². The van der Waals surface area contributed by atoms with Crippen LogP contribution >= 0.6 is 11.8 Å². The predicted molar refractivity (Wildman–Crippen MR) is 163 cm³/mol. The summed E-state index contributed by atoms with van der Waals surface area (Å²) < 4.78 is 8.31. The zero-order valence-corrected chi connectivity index (χ0v) is 23.7. The first-order chi connectivity index (χ1) is 19.3. The van der Waals surface area contributed by atoms with E-state index in [1.54, 1.807) is 6.08 Å². The zero-order chi connectivity index (χ0) is 28.0. The monoisotopic (exact) mass is 547 g/mol. The van der Waals surface area contributed by atoms with Crippen molar-refractivity contribution in [2.45, 2.75) is 34.2 Å². The fraction of sp³-hybridized carbons (Fsp3) is 0.188. The molecule has 2 aliphatic rings. The number of hydrogen-bond donors (Lipinski definition) is 1.